The van der Waals surface area contributed by atoms with Crippen molar-refractivity contribution in [3.8, 4) is 5.75 Å². The summed E-state index contributed by atoms with van der Waals surface area (Å²) in [5.41, 5.74) is 4.74. The van der Waals surface area contributed by atoms with E-state index < -0.39 is 24.3 Å². The molecule has 0 aliphatic heterocycles. The van der Waals surface area contributed by atoms with Crippen molar-refractivity contribution in [1.29, 1.82) is 0 Å². The largest absolute Gasteiger partial charge is 0.497 e. The van der Waals surface area contributed by atoms with Gasteiger partial charge in [-0.2, -0.15) is 0 Å². The molecule has 0 saturated heterocycles. The average molecular weight is 374 g/mol. The molecule has 0 unspecified atom stereocenters. The highest BCUT2D eigenvalue weighted by Crippen LogP contribution is 2.09. The van der Waals surface area contributed by atoms with Gasteiger partial charge in [-0.05, 0) is 42.0 Å². The molecular formula is C17H18N4O6. The van der Waals surface area contributed by atoms with Gasteiger partial charge in [0.05, 0.1) is 26.1 Å². The highest BCUT2D eigenvalue weighted by Gasteiger charge is 2.14. The fourth-order valence-corrected chi connectivity index (χ4v) is 1.76. The van der Waals surface area contributed by atoms with Crippen LogP contribution in [0, 0.1) is 0 Å². The molecule has 0 aliphatic carbocycles. The van der Waals surface area contributed by atoms with Crippen molar-refractivity contribution in [2.75, 3.05) is 13.7 Å². The van der Waals surface area contributed by atoms with Crippen LogP contribution in [0.25, 0.3) is 0 Å². The molecule has 0 atom stereocenters. The Labute approximate surface area is 154 Å². The van der Waals surface area contributed by atoms with Gasteiger partial charge in [-0.15, -0.1) is 0 Å². The maximum atomic E-state index is 11.5. The highest BCUT2D eigenvalue weighted by atomic mass is 16.6. The Morgan fingerprint density at radius 1 is 1.11 bits per heavy atom. The Morgan fingerprint density at radius 2 is 1.89 bits per heavy atom. The summed E-state index contributed by atoms with van der Waals surface area (Å²) in [6, 6.07) is 10.3. The van der Waals surface area contributed by atoms with E-state index in [-0.39, 0.29) is 6.54 Å². The molecule has 0 radical (unpaired) electrons. The van der Waals surface area contributed by atoms with Crippen molar-refractivity contribution in [2.24, 2.45) is 5.16 Å². The van der Waals surface area contributed by atoms with Crippen molar-refractivity contribution in [3.63, 3.8) is 0 Å². The minimum atomic E-state index is -1.03. The van der Waals surface area contributed by atoms with Gasteiger partial charge >= 0.3 is 11.8 Å². The molecule has 0 aliphatic rings. The van der Waals surface area contributed by atoms with Crippen molar-refractivity contribution in [3.05, 3.63) is 54.0 Å². The number of benzene rings is 1. The molecule has 1 aromatic heterocycles. The lowest BCUT2D eigenvalue weighted by atomic mass is 10.2. The molecule has 1 aromatic carbocycles. The first-order valence-corrected chi connectivity index (χ1v) is 7.77. The number of nitrogens with zero attached hydrogens (tertiary/aromatic N) is 1. The van der Waals surface area contributed by atoms with Crippen LogP contribution in [0.2, 0.25) is 0 Å². The average Bonchev–Trinajstić information content (AvgIpc) is 3.21. The van der Waals surface area contributed by atoms with E-state index in [4.69, 9.17) is 14.0 Å². The molecule has 1 heterocycles. The van der Waals surface area contributed by atoms with Crippen LogP contribution in [0.4, 0.5) is 0 Å². The molecule has 3 amide bonds. The van der Waals surface area contributed by atoms with Crippen LogP contribution in [0.3, 0.4) is 0 Å². The zero-order valence-corrected chi connectivity index (χ0v) is 14.4. The number of methoxy groups -OCH3 is 1. The maximum absolute atomic E-state index is 11.5. The van der Waals surface area contributed by atoms with Gasteiger partial charge in [0.1, 0.15) is 11.5 Å². The van der Waals surface area contributed by atoms with E-state index in [0.717, 1.165) is 5.56 Å². The topological polar surface area (TPSA) is 131 Å². The number of nitrogens with one attached hydrogen (secondary N) is 3. The number of rotatable bonds is 7. The third-order valence-electron chi connectivity index (χ3n) is 3.11. The summed E-state index contributed by atoms with van der Waals surface area (Å²) in [5.74, 6) is -1.45. The number of hydrazine groups is 1. The van der Waals surface area contributed by atoms with Gasteiger partial charge in [0.15, 0.2) is 6.61 Å². The molecule has 10 nitrogen and oxygen atoms in total. The summed E-state index contributed by atoms with van der Waals surface area (Å²) in [5, 5.41) is 5.96. The molecule has 0 saturated carbocycles. The number of furan rings is 1. The van der Waals surface area contributed by atoms with Gasteiger partial charge in [-0.25, -0.2) is 0 Å². The van der Waals surface area contributed by atoms with Crippen molar-refractivity contribution in [1.82, 2.24) is 16.2 Å². The first-order valence-electron chi connectivity index (χ1n) is 7.77. The standard InChI is InChI=1S/C17H18N4O6/c1-25-13-6-4-12(5-7-13)9-19-27-11-15(22)20-21-17(24)16(23)18-10-14-3-2-8-26-14/h2-9H,10-11H2,1H3,(H,18,23)(H,20,22)(H,21,24)/b19-9-. The molecule has 2 rings (SSSR count). The lowest BCUT2D eigenvalue weighted by Crippen LogP contribution is -2.49. The summed E-state index contributed by atoms with van der Waals surface area (Å²) in [7, 11) is 1.56. The van der Waals surface area contributed by atoms with Crippen LogP contribution < -0.4 is 20.9 Å². The Hall–Kier alpha value is -3.82. The number of oxime groups is 1. The minimum absolute atomic E-state index is 0.0520. The quantitative estimate of drug-likeness (QED) is 0.358. The Kier molecular flexibility index (Phi) is 7.39. The lowest BCUT2D eigenvalue weighted by molar-refractivity contribution is -0.141. The van der Waals surface area contributed by atoms with E-state index in [1.54, 1.807) is 43.5 Å². The Morgan fingerprint density at radius 3 is 2.56 bits per heavy atom. The first kappa shape index (κ1) is 19.5. The normalized spacial score (nSPS) is 10.3. The van der Waals surface area contributed by atoms with Crippen LogP contribution in [0.5, 0.6) is 5.75 Å². The van der Waals surface area contributed by atoms with Gasteiger partial charge in [0.25, 0.3) is 5.91 Å². The first-order chi connectivity index (χ1) is 13.1. The molecule has 2 aromatic rings. The fraction of sp³-hybridized carbons (Fsp3) is 0.176. The van der Waals surface area contributed by atoms with Gasteiger partial charge in [-0.1, -0.05) is 5.16 Å². The van der Waals surface area contributed by atoms with E-state index in [2.05, 4.69) is 10.5 Å². The van der Waals surface area contributed by atoms with E-state index >= 15 is 0 Å². The number of amides is 3. The number of hydrogen-bond donors (Lipinski definition) is 3. The third-order valence-corrected chi connectivity index (χ3v) is 3.11. The third kappa shape index (κ3) is 6.90. The number of carbonyl (C=O) groups excluding carboxylic acids is 3. The van der Waals surface area contributed by atoms with Crippen LogP contribution in [-0.2, 0) is 25.8 Å². The smallest absolute Gasteiger partial charge is 0.327 e. The second kappa shape index (κ2) is 10.2. The fourth-order valence-electron chi connectivity index (χ4n) is 1.76. The molecular weight excluding hydrogens is 356 g/mol. The summed E-state index contributed by atoms with van der Waals surface area (Å²) in [4.78, 5) is 39.4. The second-order valence-corrected chi connectivity index (χ2v) is 5.05. The van der Waals surface area contributed by atoms with Crippen LogP contribution in [-0.4, -0.2) is 37.7 Å². The summed E-state index contributed by atoms with van der Waals surface area (Å²) in [6.07, 6.45) is 2.85. The number of hydrogen-bond acceptors (Lipinski definition) is 7. The summed E-state index contributed by atoms with van der Waals surface area (Å²) < 4.78 is 10.0. The lowest BCUT2D eigenvalue weighted by Gasteiger charge is -2.06. The molecule has 3 N–H and O–H groups in total. The monoisotopic (exact) mass is 374 g/mol. The number of carbonyl (C=O) groups is 3. The van der Waals surface area contributed by atoms with Crippen LogP contribution in [0.1, 0.15) is 11.3 Å². The van der Waals surface area contributed by atoms with E-state index in [0.29, 0.717) is 11.5 Å². The van der Waals surface area contributed by atoms with Crippen LogP contribution in [0.15, 0.2) is 52.2 Å². The molecule has 27 heavy (non-hydrogen) atoms. The molecule has 0 bridgehead atoms. The Balaban J connectivity index is 1.62. The molecule has 10 heteroatoms. The molecule has 0 fully saturated rings. The summed E-state index contributed by atoms with van der Waals surface area (Å²) in [6.45, 7) is -0.392. The Bertz CT molecular complexity index is 786. The van der Waals surface area contributed by atoms with E-state index in [1.165, 1.54) is 12.5 Å². The predicted octanol–water partition coefficient (Wildman–Crippen LogP) is 0.103. The maximum Gasteiger partial charge on any atom is 0.327 e. The minimum Gasteiger partial charge on any atom is -0.497 e. The highest BCUT2D eigenvalue weighted by molar-refractivity contribution is 6.35. The van der Waals surface area contributed by atoms with E-state index in [9.17, 15) is 14.4 Å². The second-order valence-electron chi connectivity index (χ2n) is 5.05. The SMILES string of the molecule is COc1ccc(/C=N\OCC(=O)NNC(=O)C(=O)NCc2ccco2)cc1. The molecule has 142 valence electrons. The number of ether oxygens (including phenoxy) is 1. The van der Waals surface area contributed by atoms with Gasteiger partial charge in [0.2, 0.25) is 0 Å². The zero-order valence-electron chi connectivity index (χ0n) is 14.4. The zero-order chi connectivity index (χ0) is 19.5. The van der Waals surface area contributed by atoms with E-state index in [1.807, 2.05) is 10.9 Å². The van der Waals surface area contributed by atoms with Crippen molar-refractivity contribution < 1.29 is 28.4 Å². The molecule has 0 spiro atoms. The van der Waals surface area contributed by atoms with Crippen molar-refractivity contribution in [2.45, 2.75) is 6.54 Å². The van der Waals surface area contributed by atoms with Crippen LogP contribution >= 0.6 is 0 Å². The van der Waals surface area contributed by atoms with Gasteiger partial charge in [0, 0.05) is 0 Å². The van der Waals surface area contributed by atoms with Gasteiger partial charge in [-0.3, -0.25) is 25.2 Å². The van der Waals surface area contributed by atoms with Crippen molar-refractivity contribution >= 4 is 23.9 Å². The van der Waals surface area contributed by atoms with Gasteiger partial charge < -0.3 is 19.3 Å². The summed E-state index contributed by atoms with van der Waals surface area (Å²) >= 11 is 0. The predicted molar refractivity (Wildman–Crippen MR) is 93.4 cm³/mol.